The van der Waals surface area contributed by atoms with Crippen LogP contribution in [-0.4, -0.2) is 35.6 Å². The summed E-state index contributed by atoms with van der Waals surface area (Å²) in [6, 6.07) is 7.08. The molecule has 118 valence electrons. The van der Waals surface area contributed by atoms with Crippen LogP contribution in [0.3, 0.4) is 0 Å². The maximum atomic E-state index is 11.2. The van der Waals surface area contributed by atoms with Crippen molar-refractivity contribution in [2.24, 2.45) is 0 Å². The quantitative estimate of drug-likeness (QED) is 0.592. The summed E-state index contributed by atoms with van der Waals surface area (Å²) in [5.74, 6) is -0.456. The first-order valence-electron chi connectivity index (χ1n) is 7.22. The molecule has 0 unspecified atom stereocenters. The van der Waals surface area contributed by atoms with Gasteiger partial charge >= 0.3 is 5.97 Å². The minimum atomic E-state index is -1.09. The topological polar surface area (TPSA) is 105 Å². The van der Waals surface area contributed by atoms with Gasteiger partial charge < -0.3 is 10.4 Å². The van der Waals surface area contributed by atoms with Gasteiger partial charge in [-0.3, -0.25) is 9.97 Å². The summed E-state index contributed by atoms with van der Waals surface area (Å²) < 4.78 is 1.49. The van der Waals surface area contributed by atoms with E-state index in [4.69, 9.17) is 5.11 Å². The molecule has 0 spiro atoms. The van der Waals surface area contributed by atoms with Gasteiger partial charge in [0.2, 0.25) is 0 Å². The Morgan fingerprint density at radius 2 is 2.08 bits per heavy atom. The molecule has 0 bridgehead atoms. The second-order valence-electron chi connectivity index (χ2n) is 5.17. The number of aromatic nitrogens is 5. The van der Waals surface area contributed by atoms with E-state index in [2.05, 4.69) is 25.4 Å². The Labute approximate surface area is 135 Å². The fraction of sp³-hybridized carbons (Fsp3) is 0.0625. The lowest BCUT2D eigenvalue weighted by molar-refractivity contribution is 0.0690. The molecular weight excluding hydrogens is 308 g/mol. The monoisotopic (exact) mass is 320 g/mol. The number of nitrogens with one attached hydrogen (secondary N) is 1. The van der Waals surface area contributed by atoms with E-state index < -0.39 is 5.97 Å². The number of hydrogen-bond donors (Lipinski definition) is 2. The van der Waals surface area contributed by atoms with E-state index in [0.717, 1.165) is 10.9 Å². The number of nitrogens with zero attached hydrogens (tertiary/aromatic N) is 5. The minimum absolute atomic E-state index is 0.0583. The predicted molar refractivity (Wildman–Crippen MR) is 86.8 cm³/mol. The third kappa shape index (κ3) is 2.39. The highest BCUT2D eigenvalue weighted by atomic mass is 16.4. The molecule has 0 aliphatic carbocycles. The van der Waals surface area contributed by atoms with Gasteiger partial charge in [0.1, 0.15) is 5.82 Å². The second-order valence-corrected chi connectivity index (χ2v) is 5.17. The Bertz CT molecular complexity index is 1040. The van der Waals surface area contributed by atoms with Crippen molar-refractivity contribution in [1.82, 2.24) is 24.6 Å². The van der Waals surface area contributed by atoms with E-state index in [1.165, 1.54) is 10.6 Å². The molecule has 0 radical (unpaired) electrons. The summed E-state index contributed by atoms with van der Waals surface area (Å²) in [7, 11) is 0. The first kappa shape index (κ1) is 14.1. The first-order valence-corrected chi connectivity index (χ1v) is 7.22. The molecule has 0 atom stereocenters. The predicted octanol–water partition coefficient (Wildman–Crippen LogP) is 1.98. The average Bonchev–Trinajstić information content (AvgIpc) is 3.05. The van der Waals surface area contributed by atoms with E-state index in [1.54, 1.807) is 24.8 Å². The average molecular weight is 320 g/mol. The molecule has 0 fully saturated rings. The summed E-state index contributed by atoms with van der Waals surface area (Å²) in [5.41, 5.74) is 2.09. The van der Waals surface area contributed by atoms with Crippen molar-refractivity contribution in [1.29, 1.82) is 0 Å². The van der Waals surface area contributed by atoms with Crippen LogP contribution in [0.1, 0.15) is 16.1 Å². The molecule has 4 aromatic rings. The SMILES string of the molecule is O=C(O)c1cc2nc(NCc3cccnc3)c3ccncc3n2n1. The van der Waals surface area contributed by atoms with Crippen LogP contribution in [0.5, 0.6) is 0 Å². The highest BCUT2D eigenvalue weighted by Crippen LogP contribution is 2.23. The highest BCUT2D eigenvalue weighted by molar-refractivity contribution is 5.92. The number of pyridine rings is 2. The van der Waals surface area contributed by atoms with E-state index in [0.29, 0.717) is 23.5 Å². The molecule has 4 aromatic heterocycles. The third-order valence-electron chi connectivity index (χ3n) is 3.60. The van der Waals surface area contributed by atoms with Gasteiger partial charge in [0.25, 0.3) is 0 Å². The molecule has 0 aliphatic rings. The van der Waals surface area contributed by atoms with Crippen molar-refractivity contribution < 1.29 is 9.90 Å². The van der Waals surface area contributed by atoms with Crippen LogP contribution >= 0.6 is 0 Å². The molecule has 0 saturated heterocycles. The zero-order valence-electron chi connectivity index (χ0n) is 12.4. The van der Waals surface area contributed by atoms with Crippen molar-refractivity contribution in [3.05, 3.63) is 60.3 Å². The van der Waals surface area contributed by atoms with Crippen LogP contribution in [0.15, 0.2) is 49.1 Å². The molecule has 8 nitrogen and oxygen atoms in total. The molecule has 8 heteroatoms. The van der Waals surface area contributed by atoms with Gasteiger partial charge in [-0.1, -0.05) is 6.07 Å². The van der Waals surface area contributed by atoms with Gasteiger partial charge in [0.05, 0.1) is 11.7 Å². The molecular formula is C16H12N6O2. The van der Waals surface area contributed by atoms with Crippen LogP contribution in [0, 0.1) is 0 Å². The van der Waals surface area contributed by atoms with Crippen LogP contribution in [-0.2, 0) is 6.54 Å². The standard InChI is InChI=1S/C16H12N6O2/c23-16(24)12-6-14-20-15(19-8-10-2-1-4-17-7-10)11-3-5-18-9-13(11)22(14)21-12/h1-7,9H,8H2,(H,19,20)(H,23,24). The Balaban J connectivity index is 1.82. The second kappa shape index (κ2) is 5.58. The number of fused-ring (bicyclic) bond motifs is 3. The molecule has 4 heterocycles. The van der Waals surface area contributed by atoms with Crippen molar-refractivity contribution in [2.75, 3.05) is 5.32 Å². The van der Waals surface area contributed by atoms with Crippen LogP contribution in [0.2, 0.25) is 0 Å². The highest BCUT2D eigenvalue weighted by Gasteiger charge is 2.14. The van der Waals surface area contributed by atoms with Crippen LogP contribution < -0.4 is 5.32 Å². The Hall–Kier alpha value is -3.55. The molecule has 24 heavy (non-hydrogen) atoms. The van der Waals surface area contributed by atoms with Gasteiger partial charge in [0.15, 0.2) is 11.3 Å². The molecule has 0 aliphatic heterocycles. The fourth-order valence-electron chi connectivity index (χ4n) is 2.49. The van der Waals surface area contributed by atoms with Gasteiger partial charge in [-0.05, 0) is 17.7 Å². The van der Waals surface area contributed by atoms with Gasteiger partial charge in [-0.15, -0.1) is 0 Å². The number of carbonyl (C=O) groups is 1. The summed E-state index contributed by atoms with van der Waals surface area (Å²) in [5, 5.41) is 17.3. The number of aromatic carboxylic acids is 1. The Morgan fingerprint density at radius 3 is 2.88 bits per heavy atom. The summed E-state index contributed by atoms with van der Waals surface area (Å²) in [4.78, 5) is 23.8. The molecule has 0 aromatic carbocycles. The Morgan fingerprint density at radius 1 is 1.21 bits per heavy atom. The lowest BCUT2D eigenvalue weighted by Crippen LogP contribution is -2.05. The first-order chi connectivity index (χ1) is 11.7. The molecule has 0 amide bonds. The zero-order valence-corrected chi connectivity index (χ0v) is 12.4. The van der Waals surface area contributed by atoms with E-state index in [1.807, 2.05) is 18.2 Å². The lowest BCUT2D eigenvalue weighted by atomic mass is 10.2. The normalized spacial score (nSPS) is 11.0. The molecule has 2 N–H and O–H groups in total. The van der Waals surface area contributed by atoms with Gasteiger partial charge in [-0.25, -0.2) is 14.3 Å². The van der Waals surface area contributed by atoms with Crippen LogP contribution in [0.25, 0.3) is 16.6 Å². The van der Waals surface area contributed by atoms with Crippen molar-refractivity contribution >= 4 is 28.3 Å². The summed E-state index contributed by atoms with van der Waals surface area (Å²) >= 11 is 0. The number of anilines is 1. The minimum Gasteiger partial charge on any atom is -0.476 e. The number of carboxylic acid groups (broad SMARTS) is 1. The number of hydrogen-bond acceptors (Lipinski definition) is 6. The fourth-order valence-corrected chi connectivity index (χ4v) is 2.49. The largest absolute Gasteiger partial charge is 0.476 e. The smallest absolute Gasteiger partial charge is 0.356 e. The van der Waals surface area contributed by atoms with Crippen molar-refractivity contribution in [3.63, 3.8) is 0 Å². The zero-order chi connectivity index (χ0) is 16.5. The van der Waals surface area contributed by atoms with E-state index >= 15 is 0 Å². The number of rotatable bonds is 4. The summed E-state index contributed by atoms with van der Waals surface area (Å²) in [6.07, 6.45) is 6.79. The molecule has 4 rings (SSSR count). The maximum absolute atomic E-state index is 11.2. The third-order valence-corrected chi connectivity index (χ3v) is 3.60. The maximum Gasteiger partial charge on any atom is 0.356 e. The lowest BCUT2D eigenvalue weighted by Gasteiger charge is -2.09. The number of carboxylic acids is 1. The summed E-state index contributed by atoms with van der Waals surface area (Å²) in [6.45, 7) is 0.550. The van der Waals surface area contributed by atoms with Crippen LogP contribution in [0.4, 0.5) is 5.82 Å². The van der Waals surface area contributed by atoms with Crippen molar-refractivity contribution in [3.8, 4) is 0 Å². The van der Waals surface area contributed by atoms with Gasteiger partial charge in [-0.2, -0.15) is 5.10 Å². The van der Waals surface area contributed by atoms with Gasteiger partial charge in [0, 0.05) is 36.6 Å². The molecule has 0 saturated carbocycles. The van der Waals surface area contributed by atoms with E-state index in [9.17, 15) is 4.79 Å². The van der Waals surface area contributed by atoms with E-state index in [-0.39, 0.29) is 5.69 Å². The van der Waals surface area contributed by atoms with Crippen molar-refractivity contribution in [2.45, 2.75) is 6.54 Å². The Kier molecular flexibility index (Phi) is 3.27.